The first-order valence-corrected chi connectivity index (χ1v) is 6.57. The van der Waals surface area contributed by atoms with E-state index in [-0.39, 0.29) is 6.04 Å². The minimum Gasteiger partial charge on any atom is -0.366 e. The number of pyridine rings is 1. The maximum atomic E-state index is 11.1. The topological polar surface area (TPSA) is 62.5 Å². The molecule has 0 aliphatic rings. The average Bonchev–Trinajstić information content (AvgIpc) is 2.30. The number of likely N-dealkylation sites (N-methyl/N-ethyl adjacent to an activating group) is 1. The molecule has 19 heavy (non-hydrogen) atoms. The summed E-state index contributed by atoms with van der Waals surface area (Å²) in [6.07, 6.45) is 1.47. The second-order valence-electron chi connectivity index (χ2n) is 4.98. The first kappa shape index (κ1) is 15.7. The molecule has 5 nitrogen and oxygen atoms in total. The van der Waals surface area contributed by atoms with E-state index in [0.29, 0.717) is 16.4 Å². The smallest absolute Gasteiger partial charge is 0.250 e. The number of nitrogens with two attached hydrogens (primary N) is 1. The van der Waals surface area contributed by atoms with Gasteiger partial charge in [-0.05, 0) is 34.0 Å². The van der Waals surface area contributed by atoms with Gasteiger partial charge in [0.25, 0.3) is 0 Å². The Balaban J connectivity index is 2.99. The number of anilines is 1. The highest BCUT2D eigenvalue weighted by Gasteiger charge is 2.16. The van der Waals surface area contributed by atoms with E-state index in [1.807, 2.05) is 14.1 Å². The average molecular weight is 285 g/mol. The van der Waals surface area contributed by atoms with Gasteiger partial charge < -0.3 is 15.5 Å². The molecule has 0 atom stereocenters. The summed E-state index contributed by atoms with van der Waals surface area (Å²) in [5, 5.41) is 0.448. The number of halogens is 1. The Kier molecular flexibility index (Phi) is 5.57. The van der Waals surface area contributed by atoms with Gasteiger partial charge in [0.2, 0.25) is 5.91 Å². The summed E-state index contributed by atoms with van der Waals surface area (Å²) < 4.78 is 0. The maximum absolute atomic E-state index is 11.1. The van der Waals surface area contributed by atoms with Crippen LogP contribution >= 0.6 is 11.6 Å². The highest BCUT2D eigenvalue weighted by atomic mass is 35.5. The lowest BCUT2D eigenvalue weighted by Crippen LogP contribution is -2.37. The molecule has 1 heterocycles. The highest BCUT2D eigenvalue weighted by molar-refractivity contribution is 6.33. The van der Waals surface area contributed by atoms with Crippen LogP contribution in [0.2, 0.25) is 5.02 Å². The fraction of sp³-hybridized carbons (Fsp3) is 0.538. The molecule has 2 N–H and O–H groups in total. The van der Waals surface area contributed by atoms with Gasteiger partial charge in [-0.2, -0.15) is 0 Å². The molecule has 1 rings (SSSR count). The van der Waals surface area contributed by atoms with Crippen molar-refractivity contribution in [2.24, 2.45) is 5.73 Å². The van der Waals surface area contributed by atoms with Gasteiger partial charge in [-0.1, -0.05) is 11.6 Å². The molecule has 0 saturated carbocycles. The van der Waals surface area contributed by atoms with Crippen molar-refractivity contribution in [1.82, 2.24) is 9.88 Å². The van der Waals surface area contributed by atoms with E-state index in [9.17, 15) is 4.79 Å². The number of amides is 1. The second kappa shape index (κ2) is 6.73. The molecule has 0 aliphatic heterocycles. The quantitative estimate of drug-likeness (QED) is 0.862. The Hall–Kier alpha value is -1.33. The molecule has 0 bridgehead atoms. The Morgan fingerprint density at radius 1 is 1.42 bits per heavy atom. The van der Waals surface area contributed by atoms with E-state index in [4.69, 9.17) is 17.3 Å². The van der Waals surface area contributed by atoms with Crippen LogP contribution in [0.3, 0.4) is 0 Å². The van der Waals surface area contributed by atoms with Crippen LogP contribution < -0.4 is 10.6 Å². The first-order chi connectivity index (χ1) is 8.82. The summed E-state index contributed by atoms with van der Waals surface area (Å²) in [7, 11) is 4.04. The van der Waals surface area contributed by atoms with Crippen molar-refractivity contribution in [1.29, 1.82) is 0 Å². The lowest BCUT2D eigenvalue weighted by molar-refractivity contribution is 0.1000. The van der Waals surface area contributed by atoms with Gasteiger partial charge in [0.15, 0.2) is 0 Å². The van der Waals surface area contributed by atoms with Gasteiger partial charge in [0, 0.05) is 25.3 Å². The molecule has 6 heteroatoms. The SMILES string of the molecule is CC(C)N(CCN(C)C)c1ncc(C(N)=O)cc1Cl. The Labute approximate surface area is 119 Å². The summed E-state index contributed by atoms with van der Waals surface area (Å²) in [5.74, 6) is 0.161. The van der Waals surface area contributed by atoms with E-state index in [1.165, 1.54) is 6.20 Å². The van der Waals surface area contributed by atoms with Gasteiger partial charge in [-0.3, -0.25) is 4.79 Å². The van der Waals surface area contributed by atoms with Gasteiger partial charge in [-0.15, -0.1) is 0 Å². The van der Waals surface area contributed by atoms with Crippen LogP contribution in [0.1, 0.15) is 24.2 Å². The minimum absolute atomic E-state index is 0.268. The molecule has 106 valence electrons. The van der Waals surface area contributed by atoms with E-state index in [0.717, 1.165) is 13.1 Å². The van der Waals surface area contributed by atoms with Gasteiger partial charge in [0.1, 0.15) is 5.82 Å². The molecule has 0 aliphatic carbocycles. The molecule has 0 spiro atoms. The van der Waals surface area contributed by atoms with Gasteiger partial charge in [0.05, 0.1) is 10.6 Å². The summed E-state index contributed by atoms with van der Waals surface area (Å²) in [4.78, 5) is 19.6. The van der Waals surface area contributed by atoms with Crippen molar-refractivity contribution in [3.05, 3.63) is 22.8 Å². The van der Waals surface area contributed by atoms with Crippen molar-refractivity contribution in [2.45, 2.75) is 19.9 Å². The molecule has 1 amide bonds. The number of rotatable bonds is 6. The summed E-state index contributed by atoms with van der Waals surface area (Å²) >= 11 is 6.20. The van der Waals surface area contributed by atoms with Crippen LogP contribution in [0.5, 0.6) is 0 Å². The number of nitrogens with zero attached hydrogens (tertiary/aromatic N) is 3. The summed E-state index contributed by atoms with van der Waals surface area (Å²) in [6, 6.07) is 1.83. The predicted octanol–water partition coefficient (Wildman–Crippen LogP) is 1.61. The fourth-order valence-corrected chi connectivity index (χ4v) is 1.97. The molecule has 0 aromatic carbocycles. The van der Waals surface area contributed by atoms with Crippen molar-refractivity contribution < 1.29 is 4.79 Å². The van der Waals surface area contributed by atoms with Crippen LogP contribution in [-0.4, -0.2) is 49.0 Å². The molecule has 0 unspecified atom stereocenters. The van der Waals surface area contributed by atoms with E-state index in [1.54, 1.807) is 6.07 Å². The summed E-state index contributed by atoms with van der Waals surface area (Å²) in [6.45, 7) is 5.87. The molecule has 1 aromatic heterocycles. The lowest BCUT2D eigenvalue weighted by atomic mass is 10.2. The second-order valence-corrected chi connectivity index (χ2v) is 5.39. The molecule has 0 saturated heterocycles. The fourth-order valence-electron chi connectivity index (χ4n) is 1.69. The van der Waals surface area contributed by atoms with E-state index in [2.05, 4.69) is 28.6 Å². The standard InChI is InChI=1S/C13H21ClN4O/c1-9(2)18(6-5-17(3)4)13-11(14)7-10(8-16-13)12(15)19/h7-9H,5-6H2,1-4H3,(H2,15,19). The number of hydrogen-bond acceptors (Lipinski definition) is 4. The van der Waals surface area contributed by atoms with Crippen LogP contribution in [0.25, 0.3) is 0 Å². The Morgan fingerprint density at radius 3 is 2.47 bits per heavy atom. The van der Waals surface area contributed by atoms with Crippen molar-refractivity contribution in [3.63, 3.8) is 0 Å². The highest BCUT2D eigenvalue weighted by Crippen LogP contribution is 2.25. The van der Waals surface area contributed by atoms with Crippen LogP contribution in [-0.2, 0) is 0 Å². The lowest BCUT2D eigenvalue weighted by Gasteiger charge is -2.29. The number of carbonyl (C=O) groups excluding carboxylic acids is 1. The monoisotopic (exact) mass is 284 g/mol. The zero-order chi connectivity index (χ0) is 14.6. The van der Waals surface area contributed by atoms with Crippen molar-refractivity contribution in [2.75, 3.05) is 32.1 Å². The molecule has 1 aromatic rings. The normalized spacial score (nSPS) is 11.1. The third-order valence-corrected chi connectivity index (χ3v) is 3.07. The van der Waals surface area contributed by atoms with Crippen molar-refractivity contribution >= 4 is 23.3 Å². The predicted molar refractivity (Wildman–Crippen MR) is 78.8 cm³/mol. The van der Waals surface area contributed by atoms with Crippen LogP contribution in [0, 0.1) is 0 Å². The van der Waals surface area contributed by atoms with Crippen LogP contribution in [0.15, 0.2) is 12.3 Å². The molecule has 0 radical (unpaired) electrons. The first-order valence-electron chi connectivity index (χ1n) is 6.19. The van der Waals surface area contributed by atoms with Gasteiger partial charge in [-0.25, -0.2) is 4.98 Å². The number of hydrogen-bond donors (Lipinski definition) is 1. The maximum Gasteiger partial charge on any atom is 0.250 e. The zero-order valence-electron chi connectivity index (χ0n) is 11.9. The zero-order valence-corrected chi connectivity index (χ0v) is 12.6. The third-order valence-electron chi connectivity index (χ3n) is 2.79. The van der Waals surface area contributed by atoms with Crippen molar-refractivity contribution in [3.8, 4) is 0 Å². The van der Waals surface area contributed by atoms with E-state index >= 15 is 0 Å². The van der Waals surface area contributed by atoms with E-state index < -0.39 is 5.91 Å². The molecule has 0 fully saturated rings. The number of aromatic nitrogens is 1. The Morgan fingerprint density at radius 2 is 2.05 bits per heavy atom. The number of primary amides is 1. The van der Waals surface area contributed by atoms with Crippen LogP contribution in [0.4, 0.5) is 5.82 Å². The molecular weight excluding hydrogens is 264 g/mol. The third kappa shape index (κ3) is 4.36. The van der Waals surface area contributed by atoms with Gasteiger partial charge >= 0.3 is 0 Å². The molecular formula is C13H21ClN4O. The Bertz CT molecular complexity index is 448. The summed E-state index contributed by atoms with van der Waals surface area (Å²) in [5.41, 5.74) is 5.53. The number of carbonyl (C=O) groups is 1. The largest absolute Gasteiger partial charge is 0.366 e. The minimum atomic E-state index is -0.523.